The molecule has 154 valence electrons. The number of nitrogens with zero attached hydrogens (tertiary/aromatic N) is 3. The Morgan fingerprint density at radius 2 is 2.17 bits per heavy atom. The third-order valence-corrected chi connectivity index (χ3v) is 4.50. The monoisotopic (exact) mass is 397 g/mol. The van der Waals surface area contributed by atoms with Crippen molar-refractivity contribution in [1.29, 1.82) is 5.26 Å². The van der Waals surface area contributed by atoms with E-state index in [1.807, 2.05) is 18.2 Å². The van der Waals surface area contributed by atoms with Crippen molar-refractivity contribution < 1.29 is 14.6 Å². The zero-order valence-electron chi connectivity index (χ0n) is 16.9. The number of nitrogens with one attached hydrogen (secondary N) is 1. The highest BCUT2D eigenvalue weighted by Gasteiger charge is 2.17. The number of carboxylic acid groups (broad SMARTS) is 1. The number of hydrogen-bond donors (Lipinski definition) is 3. The van der Waals surface area contributed by atoms with Crippen molar-refractivity contribution in [3.63, 3.8) is 0 Å². The average molecular weight is 397 g/mol. The van der Waals surface area contributed by atoms with E-state index in [-0.39, 0.29) is 18.8 Å². The average Bonchev–Trinajstić information content (AvgIpc) is 2.69. The topological polar surface area (TPSA) is 134 Å². The van der Waals surface area contributed by atoms with Crippen molar-refractivity contribution in [3.8, 4) is 11.8 Å². The fraction of sp³-hybridized carbons (Fsp3) is 0.429. The van der Waals surface area contributed by atoms with E-state index in [4.69, 9.17) is 20.8 Å². The van der Waals surface area contributed by atoms with Gasteiger partial charge in [-0.25, -0.2) is 4.98 Å². The SMILES string of the molecule is CCCCNc1nc(N)nc(CCC(=O)O)c1Cc1cc(CC#N)ccc1OC. The predicted molar refractivity (Wildman–Crippen MR) is 111 cm³/mol. The van der Waals surface area contributed by atoms with Gasteiger partial charge in [0.25, 0.3) is 0 Å². The second-order valence-electron chi connectivity index (χ2n) is 6.69. The molecule has 2 aromatic rings. The Bertz CT molecular complexity index is 893. The largest absolute Gasteiger partial charge is 0.496 e. The van der Waals surface area contributed by atoms with Crippen molar-refractivity contribution in [3.05, 3.63) is 40.6 Å². The quantitative estimate of drug-likeness (QED) is 0.493. The number of nitrogen functional groups attached to an aromatic ring is 1. The van der Waals surface area contributed by atoms with Crippen LogP contribution in [0.15, 0.2) is 18.2 Å². The number of hydrogen-bond acceptors (Lipinski definition) is 7. The third-order valence-electron chi connectivity index (χ3n) is 4.50. The Kier molecular flexibility index (Phi) is 8.22. The van der Waals surface area contributed by atoms with Gasteiger partial charge in [0.15, 0.2) is 0 Å². The molecule has 0 saturated heterocycles. The van der Waals surface area contributed by atoms with Crippen LogP contribution in [0.2, 0.25) is 0 Å². The molecule has 0 amide bonds. The molecule has 8 heteroatoms. The highest BCUT2D eigenvalue weighted by molar-refractivity contribution is 5.67. The van der Waals surface area contributed by atoms with E-state index in [0.717, 1.165) is 36.1 Å². The molecule has 8 nitrogen and oxygen atoms in total. The lowest BCUT2D eigenvalue weighted by atomic mass is 9.98. The molecule has 0 unspecified atom stereocenters. The van der Waals surface area contributed by atoms with Gasteiger partial charge in [0.05, 0.1) is 31.7 Å². The van der Waals surface area contributed by atoms with Crippen LogP contribution in [0, 0.1) is 11.3 Å². The molecule has 0 aliphatic rings. The summed E-state index contributed by atoms with van der Waals surface area (Å²) in [5.74, 6) is 0.506. The molecule has 4 N–H and O–H groups in total. The Balaban J connectivity index is 2.48. The van der Waals surface area contributed by atoms with E-state index in [9.17, 15) is 4.79 Å². The molecule has 0 radical (unpaired) electrons. The van der Waals surface area contributed by atoms with Crippen molar-refractivity contribution in [2.24, 2.45) is 0 Å². The minimum absolute atomic E-state index is 0.0521. The first-order valence-electron chi connectivity index (χ1n) is 9.62. The lowest BCUT2D eigenvalue weighted by molar-refractivity contribution is -0.136. The number of carboxylic acids is 1. The molecule has 1 heterocycles. The second-order valence-corrected chi connectivity index (χ2v) is 6.69. The molecule has 1 aromatic carbocycles. The number of nitrogens with two attached hydrogens (primary N) is 1. The molecule has 0 bridgehead atoms. The van der Waals surface area contributed by atoms with Crippen LogP contribution >= 0.6 is 0 Å². The molecular weight excluding hydrogens is 370 g/mol. The van der Waals surface area contributed by atoms with E-state index >= 15 is 0 Å². The van der Waals surface area contributed by atoms with E-state index in [1.54, 1.807) is 7.11 Å². The molecule has 0 atom stereocenters. The minimum Gasteiger partial charge on any atom is -0.496 e. The fourth-order valence-electron chi connectivity index (χ4n) is 3.06. The summed E-state index contributed by atoms with van der Waals surface area (Å²) in [6.45, 7) is 2.82. The molecule has 2 rings (SSSR count). The highest BCUT2D eigenvalue weighted by atomic mass is 16.5. The van der Waals surface area contributed by atoms with Crippen LogP contribution in [0.4, 0.5) is 11.8 Å². The number of aryl methyl sites for hydroxylation is 1. The summed E-state index contributed by atoms with van der Waals surface area (Å²) in [4.78, 5) is 19.8. The number of rotatable bonds is 11. The summed E-state index contributed by atoms with van der Waals surface area (Å²) >= 11 is 0. The van der Waals surface area contributed by atoms with Crippen molar-refractivity contribution in [2.45, 2.75) is 45.4 Å². The van der Waals surface area contributed by atoms with Gasteiger partial charge in [0.1, 0.15) is 11.6 Å². The summed E-state index contributed by atoms with van der Waals surface area (Å²) in [5, 5.41) is 21.4. The Morgan fingerprint density at radius 3 is 2.83 bits per heavy atom. The standard InChI is InChI=1S/C21H27N5O3/c1-3-4-11-24-20-16(17(6-8-19(27)28)25-21(23)26-20)13-15-12-14(9-10-22)5-7-18(15)29-2/h5,7,12H,3-4,6,8-9,11,13H2,1-2H3,(H,27,28)(H3,23,24,25,26). The third kappa shape index (κ3) is 6.35. The van der Waals surface area contributed by atoms with Gasteiger partial charge in [-0.2, -0.15) is 10.2 Å². The van der Waals surface area contributed by atoms with Gasteiger partial charge in [-0.3, -0.25) is 4.79 Å². The summed E-state index contributed by atoms with van der Waals surface area (Å²) < 4.78 is 5.49. The van der Waals surface area contributed by atoms with Crippen LogP contribution < -0.4 is 15.8 Å². The second kappa shape index (κ2) is 10.9. The molecule has 0 fully saturated rings. The van der Waals surface area contributed by atoms with Gasteiger partial charge in [0, 0.05) is 24.9 Å². The van der Waals surface area contributed by atoms with Crippen LogP contribution in [0.5, 0.6) is 5.75 Å². The first kappa shape index (κ1) is 22.0. The lowest BCUT2D eigenvalue weighted by Crippen LogP contribution is -2.14. The first-order chi connectivity index (χ1) is 14.0. The molecule has 29 heavy (non-hydrogen) atoms. The van der Waals surface area contributed by atoms with E-state index in [2.05, 4.69) is 28.3 Å². The van der Waals surface area contributed by atoms with Gasteiger partial charge < -0.3 is 20.9 Å². The van der Waals surface area contributed by atoms with Crippen molar-refractivity contribution >= 4 is 17.7 Å². The van der Waals surface area contributed by atoms with E-state index in [1.165, 1.54) is 0 Å². The normalized spacial score (nSPS) is 10.4. The molecule has 0 aliphatic heterocycles. The number of carbonyl (C=O) groups is 1. The van der Waals surface area contributed by atoms with Gasteiger partial charge in [-0.1, -0.05) is 25.5 Å². The van der Waals surface area contributed by atoms with Crippen molar-refractivity contribution in [2.75, 3.05) is 24.7 Å². The summed E-state index contributed by atoms with van der Waals surface area (Å²) in [6, 6.07) is 7.77. The fourth-order valence-corrected chi connectivity index (χ4v) is 3.06. The number of benzene rings is 1. The van der Waals surface area contributed by atoms with Crippen LogP contribution in [0.25, 0.3) is 0 Å². The number of aromatic nitrogens is 2. The summed E-state index contributed by atoms with van der Waals surface area (Å²) in [5.41, 5.74) is 9.04. The molecule has 0 aliphatic carbocycles. The number of anilines is 2. The lowest BCUT2D eigenvalue weighted by Gasteiger charge is -2.17. The Morgan fingerprint density at radius 1 is 1.38 bits per heavy atom. The van der Waals surface area contributed by atoms with Crippen LogP contribution in [0.3, 0.4) is 0 Å². The molecular formula is C21H27N5O3. The van der Waals surface area contributed by atoms with Crippen molar-refractivity contribution in [1.82, 2.24) is 9.97 Å². The highest BCUT2D eigenvalue weighted by Crippen LogP contribution is 2.28. The maximum atomic E-state index is 11.1. The first-order valence-corrected chi connectivity index (χ1v) is 9.62. The number of methoxy groups -OCH3 is 1. The van der Waals surface area contributed by atoms with E-state index < -0.39 is 5.97 Å². The zero-order valence-corrected chi connectivity index (χ0v) is 16.9. The molecule has 0 saturated carbocycles. The van der Waals surface area contributed by atoms with E-state index in [0.29, 0.717) is 30.1 Å². The van der Waals surface area contributed by atoms with Gasteiger partial charge in [-0.15, -0.1) is 0 Å². The van der Waals surface area contributed by atoms with Gasteiger partial charge in [0.2, 0.25) is 5.95 Å². The smallest absolute Gasteiger partial charge is 0.303 e. The number of aliphatic carboxylic acids is 1. The predicted octanol–water partition coefficient (Wildman–Crippen LogP) is 2.95. The Labute approximate surface area is 170 Å². The maximum absolute atomic E-state index is 11.1. The van der Waals surface area contributed by atoms with Crippen LogP contribution in [-0.2, 0) is 24.1 Å². The molecule has 0 spiro atoms. The van der Waals surface area contributed by atoms with Crippen LogP contribution in [0.1, 0.15) is 48.6 Å². The van der Waals surface area contributed by atoms with Gasteiger partial charge in [-0.05, 0) is 23.6 Å². The number of nitriles is 1. The molecule has 1 aromatic heterocycles. The summed E-state index contributed by atoms with van der Waals surface area (Å²) in [7, 11) is 1.59. The number of unbranched alkanes of at least 4 members (excludes halogenated alkanes) is 1. The zero-order chi connectivity index (χ0) is 21.2. The minimum atomic E-state index is -0.901. The van der Waals surface area contributed by atoms with Crippen LogP contribution in [-0.4, -0.2) is 34.7 Å². The number of ether oxygens (including phenoxy) is 1. The van der Waals surface area contributed by atoms with Gasteiger partial charge >= 0.3 is 5.97 Å². The Hall–Kier alpha value is -3.34. The summed E-state index contributed by atoms with van der Waals surface area (Å²) in [6.07, 6.45) is 2.92. The maximum Gasteiger partial charge on any atom is 0.303 e.